The van der Waals surface area contributed by atoms with Crippen molar-refractivity contribution in [2.75, 3.05) is 0 Å². The third kappa shape index (κ3) is 0.881. The van der Waals surface area contributed by atoms with Crippen LogP contribution in [0.5, 0.6) is 0 Å². The third-order valence-corrected chi connectivity index (χ3v) is 2.11. The van der Waals surface area contributed by atoms with Crippen molar-refractivity contribution in [2.45, 2.75) is 13.3 Å². The molecule has 12 heavy (non-hydrogen) atoms. The highest BCUT2D eigenvalue weighted by molar-refractivity contribution is 5.68. The number of benzene rings is 1. The molecule has 0 atom stereocenters. The topological polar surface area (TPSA) is 43.0 Å². The molecule has 0 spiro atoms. The molecule has 0 fully saturated rings. The van der Waals surface area contributed by atoms with Gasteiger partial charge in [-0.05, 0) is 18.9 Å². The van der Waals surface area contributed by atoms with Gasteiger partial charge in [0, 0.05) is 5.56 Å². The second-order valence-corrected chi connectivity index (χ2v) is 3.09. The first kappa shape index (κ1) is 7.22. The van der Waals surface area contributed by atoms with Gasteiger partial charge in [-0.25, -0.2) is 0 Å². The maximum Gasteiger partial charge on any atom is 0.174 e. The van der Waals surface area contributed by atoms with Crippen molar-refractivity contribution >= 4 is 5.76 Å². The van der Waals surface area contributed by atoms with Gasteiger partial charge in [-0.15, -0.1) is 0 Å². The highest BCUT2D eigenvalue weighted by Gasteiger charge is 2.16. The normalized spacial score (nSPS) is 15.1. The van der Waals surface area contributed by atoms with Gasteiger partial charge in [0.15, 0.2) is 5.76 Å². The van der Waals surface area contributed by atoms with E-state index in [0.29, 0.717) is 5.56 Å². The fraction of sp³-hybridized carbons (Fsp3) is 0.200. The Labute approximate surface area is 70.8 Å². The fourth-order valence-electron chi connectivity index (χ4n) is 1.49. The minimum absolute atomic E-state index is 0.282. The number of hydrogen-bond acceptors (Lipinski definition) is 1. The van der Waals surface area contributed by atoms with Gasteiger partial charge in [0.2, 0.25) is 0 Å². The molecule has 0 aromatic heterocycles. The molecule has 1 aliphatic rings. The molecule has 2 heteroatoms. The first-order chi connectivity index (χ1) is 5.68. The second-order valence-electron chi connectivity index (χ2n) is 3.09. The lowest BCUT2D eigenvalue weighted by atomic mass is 10.1. The van der Waals surface area contributed by atoms with Crippen molar-refractivity contribution in [3.05, 3.63) is 40.6 Å². The van der Waals surface area contributed by atoms with Gasteiger partial charge >= 0.3 is 0 Å². The maximum atomic E-state index is 11.2. The molecule has 0 heterocycles. The predicted molar refractivity (Wildman–Crippen MR) is 42.5 cm³/mol. The molecule has 0 bridgehead atoms. The van der Waals surface area contributed by atoms with Crippen molar-refractivity contribution in [2.24, 2.45) is 0 Å². The number of rotatable bonds is 0. The van der Waals surface area contributed by atoms with E-state index in [0.717, 1.165) is 11.1 Å². The predicted octanol–water partition coefficient (Wildman–Crippen LogP) is 1.01. The molecule has 0 aliphatic heterocycles. The quantitative estimate of drug-likeness (QED) is 0.558. The van der Waals surface area contributed by atoms with Crippen LogP contribution in [0.25, 0.3) is 5.76 Å². The van der Waals surface area contributed by atoms with Crippen molar-refractivity contribution in [3.8, 4) is 0 Å². The monoisotopic (exact) mass is 160 g/mol. The molecule has 0 amide bonds. The molecular weight excluding hydrogens is 152 g/mol. The lowest BCUT2D eigenvalue weighted by Crippen LogP contribution is -2.03. The molecule has 0 saturated carbocycles. The second kappa shape index (κ2) is 2.27. The fourth-order valence-corrected chi connectivity index (χ4v) is 1.49. The zero-order chi connectivity index (χ0) is 8.72. The van der Waals surface area contributed by atoms with Crippen LogP contribution in [-0.4, -0.2) is 0 Å². The van der Waals surface area contributed by atoms with Gasteiger partial charge in [-0.3, -0.25) is 5.11 Å². The molecular formula is C10H8O2-. The van der Waals surface area contributed by atoms with Crippen LogP contribution < -0.4 is 5.11 Å². The van der Waals surface area contributed by atoms with E-state index in [4.69, 9.17) is 0 Å². The highest BCUT2D eigenvalue weighted by atomic mass is 16.3. The summed E-state index contributed by atoms with van der Waals surface area (Å²) in [6.07, 6.45) is 0.288. The van der Waals surface area contributed by atoms with Crippen LogP contribution in [0.4, 0.5) is 0 Å². The lowest BCUT2D eigenvalue weighted by Gasteiger charge is -2.02. The van der Waals surface area contributed by atoms with Gasteiger partial charge in [0.25, 0.3) is 0 Å². The number of aryl methyl sites for hydroxylation is 1. The van der Waals surface area contributed by atoms with E-state index in [1.165, 1.54) is 0 Å². The minimum atomic E-state index is -0.329. The summed E-state index contributed by atoms with van der Waals surface area (Å²) in [5.74, 6) is -0.611. The molecule has 2 rings (SSSR count). The largest absolute Gasteiger partial charge is 0.873 e. The van der Waals surface area contributed by atoms with Gasteiger partial charge in [0.1, 0.15) is 0 Å². The first-order valence-electron chi connectivity index (χ1n) is 3.85. The molecule has 0 N–H and O–H groups in total. The molecule has 1 aromatic rings. The standard InChI is InChI=1S/C10H9O2/c1-6-2-3-8-7(4-6)5-9(11)10(8)12/h2-4,11H,5H2,1H3/p-1. The van der Waals surface area contributed by atoms with Crippen LogP contribution in [0.1, 0.15) is 16.7 Å². The highest BCUT2D eigenvalue weighted by Crippen LogP contribution is 2.28. The van der Waals surface area contributed by atoms with E-state index in [1.54, 1.807) is 6.07 Å². The molecule has 2 nitrogen and oxygen atoms in total. The van der Waals surface area contributed by atoms with E-state index in [9.17, 15) is 10.2 Å². The zero-order valence-electron chi connectivity index (χ0n) is 6.76. The van der Waals surface area contributed by atoms with E-state index in [-0.39, 0.29) is 17.9 Å². The number of hydrogen-bond donors (Lipinski definition) is 0. The Balaban J connectivity index is 2.58. The van der Waals surface area contributed by atoms with Crippen LogP contribution >= 0.6 is 0 Å². The number of fused-ring (bicyclic) bond motifs is 1. The third-order valence-electron chi connectivity index (χ3n) is 2.11. The molecule has 0 unspecified atom stereocenters. The summed E-state index contributed by atoms with van der Waals surface area (Å²) in [5.41, 5.74) is 2.56. The van der Waals surface area contributed by atoms with E-state index in [1.807, 2.05) is 19.1 Å². The Kier molecular flexibility index (Phi) is 1.37. The van der Waals surface area contributed by atoms with Gasteiger partial charge in [-0.2, -0.15) is 0 Å². The molecule has 1 aliphatic carbocycles. The number of allylic oxidation sites excluding steroid dienone is 1. The minimum Gasteiger partial charge on any atom is -0.873 e. The van der Waals surface area contributed by atoms with Crippen LogP contribution in [0.2, 0.25) is 0 Å². The summed E-state index contributed by atoms with van der Waals surface area (Å²) in [7, 11) is 0. The summed E-state index contributed by atoms with van der Waals surface area (Å²) in [6, 6.07) is 5.49. The molecule has 1 radical (unpaired) electrons. The molecule has 1 aromatic carbocycles. The summed E-state index contributed by atoms with van der Waals surface area (Å²) in [4.78, 5) is 0. The maximum absolute atomic E-state index is 11.2. The van der Waals surface area contributed by atoms with Gasteiger partial charge in [-0.1, -0.05) is 29.5 Å². The summed E-state index contributed by atoms with van der Waals surface area (Å²) in [5, 5.41) is 22.2. The van der Waals surface area contributed by atoms with Crippen LogP contribution in [0.15, 0.2) is 24.0 Å². The van der Waals surface area contributed by atoms with Crippen LogP contribution in [0, 0.1) is 6.92 Å². The van der Waals surface area contributed by atoms with Gasteiger partial charge < -0.3 is 5.11 Å². The van der Waals surface area contributed by atoms with Gasteiger partial charge in [0.05, 0.1) is 0 Å². The van der Waals surface area contributed by atoms with E-state index in [2.05, 4.69) is 0 Å². The smallest absolute Gasteiger partial charge is 0.174 e. The van der Waals surface area contributed by atoms with E-state index >= 15 is 0 Å². The van der Waals surface area contributed by atoms with Crippen molar-refractivity contribution in [3.63, 3.8) is 0 Å². The van der Waals surface area contributed by atoms with E-state index < -0.39 is 0 Å². The SMILES string of the molecule is Cc1ccc2c(c1)CC([O-])=C2[O]. The molecule has 0 saturated heterocycles. The average molecular weight is 160 g/mol. The van der Waals surface area contributed by atoms with Crippen LogP contribution in [0.3, 0.4) is 0 Å². The Morgan fingerprint density at radius 2 is 2.17 bits per heavy atom. The van der Waals surface area contributed by atoms with Crippen molar-refractivity contribution in [1.29, 1.82) is 0 Å². The summed E-state index contributed by atoms with van der Waals surface area (Å²) >= 11 is 0. The summed E-state index contributed by atoms with van der Waals surface area (Å²) < 4.78 is 0. The molecule has 61 valence electrons. The van der Waals surface area contributed by atoms with Crippen molar-refractivity contribution < 1.29 is 10.2 Å². The Morgan fingerprint density at radius 1 is 1.42 bits per heavy atom. The van der Waals surface area contributed by atoms with Crippen molar-refractivity contribution in [1.82, 2.24) is 0 Å². The Hall–Kier alpha value is -1.44. The lowest BCUT2D eigenvalue weighted by molar-refractivity contribution is -0.305. The Morgan fingerprint density at radius 3 is 2.92 bits per heavy atom. The Bertz CT molecular complexity index is 364. The first-order valence-corrected chi connectivity index (χ1v) is 3.85. The average Bonchev–Trinajstić information content (AvgIpc) is 2.28. The zero-order valence-corrected chi connectivity index (χ0v) is 6.76. The summed E-state index contributed by atoms with van der Waals surface area (Å²) in [6.45, 7) is 1.95. The van der Waals surface area contributed by atoms with Crippen LogP contribution in [-0.2, 0) is 11.5 Å².